The van der Waals surface area contributed by atoms with Crippen molar-refractivity contribution in [3.8, 4) is 0 Å². The van der Waals surface area contributed by atoms with Gasteiger partial charge in [0.25, 0.3) is 0 Å². The highest BCUT2D eigenvalue weighted by atomic mass is 32.1. The minimum atomic E-state index is -0.562. The van der Waals surface area contributed by atoms with E-state index < -0.39 is 11.9 Å². The number of benzene rings is 1. The highest BCUT2D eigenvalue weighted by molar-refractivity contribution is 7.17. The highest BCUT2D eigenvalue weighted by Gasteiger charge is 2.38. The number of thiophene rings is 1. The number of amides is 1. The number of carbonyl (C=O) groups is 3. The van der Waals surface area contributed by atoms with Crippen molar-refractivity contribution < 1.29 is 23.9 Å². The van der Waals surface area contributed by atoms with Crippen LogP contribution in [0.15, 0.2) is 30.3 Å². The minimum absolute atomic E-state index is 0.199. The lowest BCUT2D eigenvalue weighted by molar-refractivity contribution is -0.142. The predicted octanol–water partition coefficient (Wildman–Crippen LogP) is 2.92. The van der Waals surface area contributed by atoms with Crippen molar-refractivity contribution in [1.82, 2.24) is 0 Å². The van der Waals surface area contributed by atoms with E-state index in [0.717, 1.165) is 10.4 Å². The molecule has 26 heavy (non-hydrogen) atoms. The van der Waals surface area contributed by atoms with Crippen LogP contribution in [0.4, 0.5) is 5.00 Å². The topological polar surface area (TPSA) is 81.7 Å². The van der Waals surface area contributed by atoms with Gasteiger partial charge in [0.2, 0.25) is 5.91 Å². The fourth-order valence-electron chi connectivity index (χ4n) is 3.19. The van der Waals surface area contributed by atoms with Crippen molar-refractivity contribution >= 4 is 34.2 Å². The maximum atomic E-state index is 12.4. The molecule has 0 aliphatic heterocycles. The maximum absolute atomic E-state index is 12.4. The van der Waals surface area contributed by atoms with Gasteiger partial charge in [-0.15, -0.1) is 11.3 Å². The van der Waals surface area contributed by atoms with E-state index in [2.05, 4.69) is 5.32 Å². The molecule has 1 heterocycles. The summed E-state index contributed by atoms with van der Waals surface area (Å²) in [5.41, 5.74) is 1.77. The van der Waals surface area contributed by atoms with E-state index in [1.54, 1.807) is 0 Å². The van der Waals surface area contributed by atoms with Gasteiger partial charge in [-0.2, -0.15) is 0 Å². The Labute approximate surface area is 155 Å². The van der Waals surface area contributed by atoms with Crippen LogP contribution in [0.25, 0.3) is 0 Å². The van der Waals surface area contributed by atoms with Gasteiger partial charge in [0.1, 0.15) is 5.00 Å². The Hall–Kier alpha value is -2.67. The number of methoxy groups -OCH3 is 2. The summed E-state index contributed by atoms with van der Waals surface area (Å²) in [6.07, 6.45) is 1.46. The molecule has 0 unspecified atom stereocenters. The smallest absolute Gasteiger partial charge is 0.341 e. The molecule has 0 bridgehead atoms. The van der Waals surface area contributed by atoms with Crippen LogP contribution in [-0.4, -0.2) is 32.1 Å². The fraction of sp³-hybridized carbons (Fsp3) is 0.316. The van der Waals surface area contributed by atoms with Gasteiger partial charge < -0.3 is 14.8 Å². The summed E-state index contributed by atoms with van der Waals surface area (Å²) in [4.78, 5) is 37.7. The average Bonchev–Trinajstić information content (AvgIpc) is 3.19. The molecule has 0 spiro atoms. The maximum Gasteiger partial charge on any atom is 0.341 e. The molecule has 2 aromatic rings. The van der Waals surface area contributed by atoms with E-state index in [1.807, 2.05) is 30.3 Å². The molecular formula is C19H19NO5S. The van der Waals surface area contributed by atoms with E-state index >= 15 is 0 Å². The zero-order chi connectivity index (χ0) is 18.7. The van der Waals surface area contributed by atoms with Gasteiger partial charge in [0.05, 0.1) is 32.1 Å². The summed E-state index contributed by atoms with van der Waals surface area (Å²) >= 11 is 1.32. The number of fused-ring (bicyclic) bond motifs is 1. The molecule has 1 aromatic heterocycles. The van der Waals surface area contributed by atoms with Gasteiger partial charge in [0.15, 0.2) is 0 Å². The van der Waals surface area contributed by atoms with Crippen molar-refractivity contribution in [2.75, 3.05) is 19.5 Å². The summed E-state index contributed by atoms with van der Waals surface area (Å²) in [7, 11) is 2.61. The van der Waals surface area contributed by atoms with E-state index in [9.17, 15) is 14.4 Å². The third kappa shape index (κ3) is 3.48. The second-order valence-electron chi connectivity index (χ2n) is 5.96. The summed E-state index contributed by atoms with van der Waals surface area (Å²) in [5, 5.41) is 3.24. The molecule has 1 atom stereocenters. The number of ether oxygens (including phenoxy) is 2. The molecular weight excluding hydrogens is 354 g/mol. The third-order valence-electron chi connectivity index (χ3n) is 4.37. The van der Waals surface area contributed by atoms with Crippen molar-refractivity contribution in [3.63, 3.8) is 0 Å². The summed E-state index contributed by atoms with van der Waals surface area (Å²) in [6.45, 7) is 0. The monoisotopic (exact) mass is 373 g/mol. The number of esters is 2. The quantitative estimate of drug-likeness (QED) is 0.815. The predicted molar refractivity (Wildman–Crippen MR) is 97.5 cm³/mol. The first-order valence-corrected chi connectivity index (χ1v) is 9.02. The zero-order valence-electron chi connectivity index (χ0n) is 14.5. The first-order valence-electron chi connectivity index (χ1n) is 8.20. The SMILES string of the molecule is COC(=O)c1c(NC(=O)Cc2ccccc2)sc2c1[C@@H](C(=O)OC)CC2. The fourth-order valence-corrected chi connectivity index (χ4v) is 4.47. The number of rotatable bonds is 5. The van der Waals surface area contributed by atoms with Gasteiger partial charge in [-0.05, 0) is 24.0 Å². The standard InChI is InChI=1S/C19H19NO5S/c1-24-18(22)12-8-9-13-15(12)16(19(23)25-2)17(26-13)20-14(21)10-11-6-4-3-5-7-11/h3-7,12H,8-10H2,1-2H3,(H,20,21)/t12-/m0/s1. The summed E-state index contributed by atoms with van der Waals surface area (Å²) < 4.78 is 9.74. The van der Waals surface area contributed by atoms with Crippen molar-refractivity contribution in [2.45, 2.75) is 25.2 Å². The Morgan fingerprint density at radius 2 is 1.88 bits per heavy atom. The van der Waals surface area contributed by atoms with Gasteiger partial charge in [-0.3, -0.25) is 9.59 Å². The van der Waals surface area contributed by atoms with Crippen LogP contribution in [-0.2, 0) is 31.9 Å². The number of nitrogens with one attached hydrogen (secondary N) is 1. The first kappa shape index (κ1) is 18.1. The lowest BCUT2D eigenvalue weighted by atomic mass is 9.99. The molecule has 1 aromatic carbocycles. The number of hydrogen-bond acceptors (Lipinski definition) is 6. The Morgan fingerprint density at radius 1 is 1.15 bits per heavy atom. The Morgan fingerprint density at radius 3 is 2.54 bits per heavy atom. The van der Waals surface area contributed by atoms with E-state index in [-0.39, 0.29) is 23.9 Å². The normalized spacial score (nSPS) is 15.2. The Kier molecular flexibility index (Phi) is 5.37. The molecule has 0 saturated heterocycles. The molecule has 1 amide bonds. The Bertz CT molecular complexity index is 843. The lowest BCUT2D eigenvalue weighted by Crippen LogP contribution is -2.18. The average molecular weight is 373 g/mol. The van der Waals surface area contributed by atoms with E-state index in [1.165, 1.54) is 25.6 Å². The van der Waals surface area contributed by atoms with E-state index in [4.69, 9.17) is 9.47 Å². The van der Waals surface area contributed by atoms with Crippen molar-refractivity contribution in [2.24, 2.45) is 0 Å². The van der Waals surface area contributed by atoms with Gasteiger partial charge >= 0.3 is 11.9 Å². The minimum Gasteiger partial charge on any atom is -0.469 e. The van der Waals surface area contributed by atoms with Crippen molar-refractivity contribution in [3.05, 3.63) is 51.9 Å². The molecule has 0 radical (unpaired) electrons. The number of carbonyl (C=O) groups excluding carboxylic acids is 3. The lowest BCUT2D eigenvalue weighted by Gasteiger charge is -2.11. The van der Waals surface area contributed by atoms with Crippen LogP contribution in [0.3, 0.4) is 0 Å². The van der Waals surface area contributed by atoms with Gasteiger partial charge in [-0.1, -0.05) is 30.3 Å². The molecule has 7 heteroatoms. The third-order valence-corrected chi connectivity index (χ3v) is 5.55. The molecule has 0 saturated carbocycles. The molecule has 1 aliphatic rings. The van der Waals surface area contributed by atoms with E-state index in [0.29, 0.717) is 23.4 Å². The molecule has 136 valence electrons. The molecule has 3 rings (SSSR count). The number of anilines is 1. The first-order chi connectivity index (χ1) is 12.5. The highest BCUT2D eigenvalue weighted by Crippen LogP contribution is 2.45. The van der Waals surface area contributed by atoms with Gasteiger partial charge in [-0.25, -0.2) is 4.79 Å². The second-order valence-corrected chi connectivity index (χ2v) is 7.06. The Balaban J connectivity index is 1.89. The van der Waals surface area contributed by atoms with Crippen molar-refractivity contribution in [1.29, 1.82) is 0 Å². The number of aryl methyl sites for hydroxylation is 1. The van der Waals surface area contributed by atoms with Crippen LogP contribution < -0.4 is 5.32 Å². The zero-order valence-corrected chi connectivity index (χ0v) is 15.4. The summed E-state index contributed by atoms with van der Waals surface area (Å²) in [6, 6.07) is 9.34. The molecule has 0 fully saturated rings. The van der Waals surface area contributed by atoms with Crippen LogP contribution in [0.2, 0.25) is 0 Å². The van der Waals surface area contributed by atoms with Crippen LogP contribution >= 0.6 is 11.3 Å². The van der Waals surface area contributed by atoms with Gasteiger partial charge in [0, 0.05) is 4.88 Å². The largest absolute Gasteiger partial charge is 0.469 e. The van der Waals surface area contributed by atoms with Crippen LogP contribution in [0.5, 0.6) is 0 Å². The summed E-state index contributed by atoms with van der Waals surface area (Å²) in [5.74, 6) is -1.67. The number of hydrogen-bond donors (Lipinski definition) is 1. The molecule has 1 aliphatic carbocycles. The second kappa shape index (κ2) is 7.70. The molecule has 1 N–H and O–H groups in total. The van der Waals surface area contributed by atoms with Crippen LogP contribution in [0.1, 0.15) is 38.7 Å². The molecule has 6 nitrogen and oxygen atoms in total. The van der Waals surface area contributed by atoms with Crippen LogP contribution in [0, 0.1) is 0 Å².